The maximum absolute atomic E-state index is 12.1. The normalized spacial score (nSPS) is 14.7. The first kappa shape index (κ1) is 19.4. The van der Waals surface area contributed by atoms with Gasteiger partial charge >= 0.3 is 0 Å². The van der Waals surface area contributed by atoms with Crippen molar-refractivity contribution in [2.45, 2.75) is 45.6 Å². The summed E-state index contributed by atoms with van der Waals surface area (Å²) in [6.45, 7) is 5.97. The summed E-state index contributed by atoms with van der Waals surface area (Å²) in [6.07, 6.45) is 5.13. The Morgan fingerprint density at radius 2 is 1.78 bits per heavy atom. The van der Waals surface area contributed by atoms with Gasteiger partial charge in [0.25, 0.3) is 0 Å². The van der Waals surface area contributed by atoms with E-state index in [1.54, 1.807) is 0 Å². The van der Waals surface area contributed by atoms with Crippen molar-refractivity contribution in [1.29, 1.82) is 0 Å². The van der Waals surface area contributed by atoms with Crippen LogP contribution in [0.25, 0.3) is 0 Å². The highest BCUT2D eigenvalue weighted by Crippen LogP contribution is 2.17. The van der Waals surface area contributed by atoms with E-state index in [1.807, 2.05) is 43.3 Å². The van der Waals surface area contributed by atoms with Crippen LogP contribution in [0.5, 0.6) is 5.75 Å². The number of ether oxygens (including phenoxy) is 1. The Labute approximate surface area is 162 Å². The molecule has 0 atom stereocenters. The van der Waals surface area contributed by atoms with Gasteiger partial charge in [0.2, 0.25) is 5.91 Å². The molecular weight excluding hydrogens is 336 g/mol. The van der Waals surface area contributed by atoms with Crippen LogP contribution < -0.4 is 10.1 Å². The van der Waals surface area contributed by atoms with Gasteiger partial charge in [0.15, 0.2) is 0 Å². The quantitative estimate of drug-likeness (QED) is 0.684. The Balaban J connectivity index is 1.37. The Morgan fingerprint density at radius 1 is 1.04 bits per heavy atom. The number of anilines is 1. The van der Waals surface area contributed by atoms with E-state index in [0.29, 0.717) is 19.4 Å². The van der Waals surface area contributed by atoms with E-state index in [-0.39, 0.29) is 5.91 Å². The van der Waals surface area contributed by atoms with Crippen LogP contribution in [0.3, 0.4) is 0 Å². The zero-order chi connectivity index (χ0) is 18.9. The highest BCUT2D eigenvalue weighted by atomic mass is 16.5. The summed E-state index contributed by atoms with van der Waals surface area (Å²) in [5.41, 5.74) is 3.29. The highest BCUT2D eigenvalue weighted by molar-refractivity contribution is 5.90. The number of likely N-dealkylation sites (tertiary alicyclic amines) is 1. The van der Waals surface area contributed by atoms with Crippen molar-refractivity contribution in [3.05, 3.63) is 59.7 Å². The molecule has 1 saturated heterocycles. The molecular formula is C23H30N2O2. The molecule has 4 nitrogen and oxygen atoms in total. The maximum Gasteiger partial charge on any atom is 0.224 e. The number of piperidine rings is 1. The van der Waals surface area contributed by atoms with E-state index >= 15 is 0 Å². The predicted molar refractivity (Wildman–Crippen MR) is 110 cm³/mol. The number of amides is 1. The molecule has 2 aromatic carbocycles. The van der Waals surface area contributed by atoms with Crippen LogP contribution in [0.2, 0.25) is 0 Å². The number of benzene rings is 2. The van der Waals surface area contributed by atoms with Crippen LogP contribution in [-0.4, -0.2) is 30.5 Å². The van der Waals surface area contributed by atoms with Crippen LogP contribution in [0.15, 0.2) is 48.5 Å². The number of nitrogens with zero attached hydrogens (tertiary/aromatic N) is 1. The highest BCUT2D eigenvalue weighted by Gasteiger charge is 2.10. The van der Waals surface area contributed by atoms with Gasteiger partial charge in [-0.15, -0.1) is 0 Å². The van der Waals surface area contributed by atoms with Gasteiger partial charge in [0.05, 0.1) is 6.61 Å². The number of para-hydroxylation sites is 1. The van der Waals surface area contributed by atoms with Gasteiger partial charge in [-0.05, 0) is 68.6 Å². The number of carbonyl (C=O) groups excluding carboxylic acids is 1. The van der Waals surface area contributed by atoms with Crippen LogP contribution in [0.4, 0.5) is 5.69 Å². The van der Waals surface area contributed by atoms with E-state index in [9.17, 15) is 4.79 Å². The van der Waals surface area contributed by atoms with Gasteiger partial charge in [-0.3, -0.25) is 9.69 Å². The number of rotatable bonds is 8. The third-order valence-corrected chi connectivity index (χ3v) is 4.99. The average Bonchev–Trinajstić information content (AvgIpc) is 2.69. The molecule has 1 N–H and O–H groups in total. The molecule has 0 saturated carbocycles. The largest absolute Gasteiger partial charge is 0.493 e. The molecule has 4 heteroatoms. The molecule has 1 fully saturated rings. The lowest BCUT2D eigenvalue weighted by molar-refractivity contribution is -0.116. The lowest BCUT2D eigenvalue weighted by Gasteiger charge is -2.26. The number of hydrogen-bond donors (Lipinski definition) is 1. The SMILES string of the molecule is Cc1ccccc1OCCCC(=O)Nc1ccc(CN2CCCCC2)cc1. The molecule has 144 valence electrons. The third kappa shape index (κ3) is 6.40. The fraction of sp³-hybridized carbons (Fsp3) is 0.435. The topological polar surface area (TPSA) is 41.6 Å². The first-order chi connectivity index (χ1) is 13.2. The molecule has 1 aliphatic heterocycles. The smallest absolute Gasteiger partial charge is 0.224 e. The van der Waals surface area contributed by atoms with Crippen molar-refractivity contribution in [3.8, 4) is 5.75 Å². The minimum atomic E-state index is 0.0344. The van der Waals surface area contributed by atoms with E-state index in [2.05, 4.69) is 22.3 Å². The fourth-order valence-corrected chi connectivity index (χ4v) is 3.43. The van der Waals surface area contributed by atoms with Gasteiger partial charge in [-0.2, -0.15) is 0 Å². The molecule has 27 heavy (non-hydrogen) atoms. The van der Waals surface area contributed by atoms with Crippen molar-refractivity contribution in [2.24, 2.45) is 0 Å². The number of aryl methyl sites for hydroxylation is 1. The number of nitrogens with one attached hydrogen (secondary N) is 1. The van der Waals surface area contributed by atoms with Gasteiger partial charge < -0.3 is 10.1 Å². The van der Waals surface area contributed by atoms with E-state index in [0.717, 1.165) is 23.5 Å². The van der Waals surface area contributed by atoms with Gasteiger partial charge in [-0.25, -0.2) is 0 Å². The summed E-state index contributed by atoms with van der Waals surface area (Å²) >= 11 is 0. The second kappa shape index (κ2) is 10.1. The van der Waals surface area contributed by atoms with E-state index in [4.69, 9.17) is 4.74 Å². The summed E-state index contributed by atoms with van der Waals surface area (Å²) < 4.78 is 5.74. The maximum atomic E-state index is 12.1. The lowest BCUT2D eigenvalue weighted by Crippen LogP contribution is -2.29. The van der Waals surface area contributed by atoms with Crippen LogP contribution in [-0.2, 0) is 11.3 Å². The Hall–Kier alpha value is -2.33. The molecule has 0 unspecified atom stereocenters. The standard InChI is InChI=1S/C23H30N2O2/c1-19-8-3-4-9-22(19)27-17-7-10-23(26)24-21-13-11-20(12-14-21)18-25-15-5-2-6-16-25/h3-4,8-9,11-14H,2,5-7,10,15-18H2,1H3,(H,24,26). The number of hydrogen-bond acceptors (Lipinski definition) is 3. The zero-order valence-corrected chi connectivity index (χ0v) is 16.2. The van der Waals surface area contributed by atoms with Gasteiger partial charge in [0, 0.05) is 18.7 Å². The Bertz CT molecular complexity index is 721. The molecule has 1 aliphatic rings. The van der Waals surface area contributed by atoms with Crippen molar-refractivity contribution in [2.75, 3.05) is 25.0 Å². The summed E-state index contributed by atoms with van der Waals surface area (Å²) in [5.74, 6) is 0.925. The molecule has 0 aromatic heterocycles. The summed E-state index contributed by atoms with van der Waals surface area (Å²) in [7, 11) is 0. The average molecular weight is 367 g/mol. The summed E-state index contributed by atoms with van der Waals surface area (Å²) in [6, 6.07) is 16.2. The zero-order valence-electron chi connectivity index (χ0n) is 16.2. The molecule has 0 spiro atoms. The Morgan fingerprint density at radius 3 is 2.52 bits per heavy atom. The minimum absolute atomic E-state index is 0.0344. The molecule has 2 aromatic rings. The first-order valence-electron chi connectivity index (χ1n) is 10.0. The molecule has 0 aliphatic carbocycles. The first-order valence-corrected chi connectivity index (χ1v) is 10.0. The van der Waals surface area contributed by atoms with Crippen LogP contribution in [0.1, 0.15) is 43.2 Å². The summed E-state index contributed by atoms with van der Waals surface area (Å²) in [5, 5.41) is 2.97. The van der Waals surface area contributed by atoms with E-state index in [1.165, 1.54) is 37.9 Å². The van der Waals surface area contributed by atoms with Gasteiger partial charge in [0.1, 0.15) is 5.75 Å². The molecule has 0 radical (unpaired) electrons. The molecule has 3 rings (SSSR count). The van der Waals surface area contributed by atoms with Crippen LogP contribution >= 0.6 is 0 Å². The second-order valence-electron chi connectivity index (χ2n) is 7.30. The molecule has 1 amide bonds. The fourth-order valence-electron chi connectivity index (χ4n) is 3.43. The number of carbonyl (C=O) groups is 1. The van der Waals surface area contributed by atoms with Crippen molar-refractivity contribution in [1.82, 2.24) is 4.90 Å². The molecule has 0 bridgehead atoms. The third-order valence-electron chi connectivity index (χ3n) is 4.99. The predicted octanol–water partition coefficient (Wildman–Crippen LogP) is 4.78. The second-order valence-corrected chi connectivity index (χ2v) is 7.30. The molecule has 1 heterocycles. The Kier molecular flexibility index (Phi) is 7.28. The monoisotopic (exact) mass is 366 g/mol. The lowest BCUT2D eigenvalue weighted by atomic mass is 10.1. The van der Waals surface area contributed by atoms with Crippen molar-refractivity contribution >= 4 is 11.6 Å². The van der Waals surface area contributed by atoms with Gasteiger partial charge in [-0.1, -0.05) is 36.8 Å². The van der Waals surface area contributed by atoms with E-state index < -0.39 is 0 Å². The van der Waals surface area contributed by atoms with Crippen molar-refractivity contribution < 1.29 is 9.53 Å². The minimum Gasteiger partial charge on any atom is -0.493 e. The van der Waals surface area contributed by atoms with Crippen molar-refractivity contribution in [3.63, 3.8) is 0 Å². The van der Waals surface area contributed by atoms with Crippen LogP contribution in [0, 0.1) is 6.92 Å². The summed E-state index contributed by atoms with van der Waals surface area (Å²) in [4.78, 5) is 14.6.